The van der Waals surface area contributed by atoms with Crippen molar-refractivity contribution >= 4 is 5.71 Å². The maximum Gasteiger partial charge on any atom is 0.145 e. The average Bonchev–Trinajstić information content (AvgIpc) is 3.23. The highest BCUT2D eigenvalue weighted by Crippen LogP contribution is 2.21. The minimum absolute atomic E-state index is 0.178. The summed E-state index contributed by atoms with van der Waals surface area (Å²) in [4.78, 5) is 7.83. The first-order chi connectivity index (χ1) is 15.2. The van der Waals surface area contributed by atoms with Gasteiger partial charge in [0.05, 0.1) is 11.8 Å². The molecule has 0 radical (unpaired) electrons. The molecule has 0 fully saturated rings. The van der Waals surface area contributed by atoms with Crippen LogP contribution in [0, 0.1) is 5.82 Å². The van der Waals surface area contributed by atoms with Crippen molar-refractivity contribution in [1.82, 2.24) is 4.90 Å². The van der Waals surface area contributed by atoms with Gasteiger partial charge in [-0.2, -0.15) is 0 Å². The molecule has 2 atom stereocenters. The molecule has 1 aliphatic rings. The van der Waals surface area contributed by atoms with E-state index in [0.29, 0.717) is 43.8 Å². The number of hydrogen-bond donors (Lipinski definition) is 1. The highest BCUT2D eigenvalue weighted by atomic mass is 19.1. The lowest BCUT2D eigenvalue weighted by Gasteiger charge is -2.27. The minimum Gasteiger partial charge on any atom is -0.391 e. The molecule has 4 nitrogen and oxygen atoms in total. The van der Waals surface area contributed by atoms with Crippen LogP contribution in [0.3, 0.4) is 0 Å². The van der Waals surface area contributed by atoms with Gasteiger partial charge >= 0.3 is 0 Å². The normalized spacial score (nSPS) is 16.7. The Morgan fingerprint density at radius 1 is 0.935 bits per heavy atom. The third-order valence-electron chi connectivity index (χ3n) is 5.41. The van der Waals surface area contributed by atoms with E-state index in [1.165, 1.54) is 11.6 Å². The van der Waals surface area contributed by atoms with Crippen LogP contribution in [0.15, 0.2) is 90.1 Å². The quantitative estimate of drug-likeness (QED) is 0.559. The Bertz CT molecular complexity index is 995. The Balaban J connectivity index is 1.40. The third-order valence-corrected chi connectivity index (χ3v) is 5.41. The number of nitrogens with zero attached hydrogens (tertiary/aromatic N) is 2. The van der Waals surface area contributed by atoms with E-state index in [9.17, 15) is 9.50 Å². The Labute approximate surface area is 182 Å². The van der Waals surface area contributed by atoms with Crippen LogP contribution in [-0.4, -0.2) is 41.0 Å². The minimum atomic E-state index is -0.500. The molecule has 4 rings (SSSR count). The third kappa shape index (κ3) is 6.00. The van der Waals surface area contributed by atoms with E-state index in [4.69, 9.17) is 4.84 Å². The number of aliphatic hydroxyl groups excluding tert-OH is 1. The molecule has 5 heteroatoms. The molecule has 0 aromatic heterocycles. The Kier molecular flexibility index (Phi) is 7.07. The Morgan fingerprint density at radius 2 is 1.58 bits per heavy atom. The summed E-state index contributed by atoms with van der Waals surface area (Å²) in [6, 6.07) is 26.8. The van der Waals surface area contributed by atoms with E-state index in [2.05, 4.69) is 22.2 Å². The van der Waals surface area contributed by atoms with E-state index < -0.39 is 6.10 Å². The van der Waals surface area contributed by atoms with E-state index >= 15 is 0 Å². The number of benzene rings is 3. The summed E-state index contributed by atoms with van der Waals surface area (Å²) in [6.45, 7) is 1.81. The Hall–Kier alpha value is -3.02. The molecular weight excluding hydrogens is 391 g/mol. The molecule has 31 heavy (non-hydrogen) atoms. The van der Waals surface area contributed by atoms with Crippen molar-refractivity contribution < 1.29 is 14.3 Å². The zero-order chi connectivity index (χ0) is 21.5. The number of oxime groups is 1. The van der Waals surface area contributed by atoms with Crippen LogP contribution >= 0.6 is 0 Å². The Morgan fingerprint density at radius 3 is 2.29 bits per heavy atom. The first-order valence-electron chi connectivity index (χ1n) is 10.6. The van der Waals surface area contributed by atoms with Gasteiger partial charge in [0, 0.05) is 31.6 Å². The zero-order valence-electron chi connectivity index (χ0n) is 17.4. The van der Waals surface area contributed by atoms with Crippen LogP contribution in [-0.2, 0) is 17.8 Å². The molecule has 0 unspecified atom stereocenters. The van der Waals surface area contributed by atoms with Gasteiger partial charge in [-0.15, -0.1) is 0 Å². The van der Waals surface area contributed by atoms with Gasteiger partial charge < -0.3 is 9.94 Å². The number of aliphatic hydroxyl groups is 1. The van der Waals surface area contributed by atoms with Gasteiger partial charge in [-0.3, -0.25) is 4.90 Å². The van der Waals surface area contributed by atoms with Gasteiger partial charge in [0.15, 0.2) is 0 Å². The fourth-order valence-electron chi connectivity index (χ4n) is 3.96. The van der Waals surface area contributed by atoms with Crippen molar-refractivity contribution in [1.29, 1.82) is 0 Å². The highest BCUT2D eigenvalue weighted by molar-refractivity contribution is 6.01. The van der Waals surface area contributed by atoms with Crippen molar-refractivity contribution in [2.24, 2.45) is 5.16 Å². The maximum absolute atomic E-state index is 14.1. The molecule has 1 heterocycles. The van der Waals surface area contributed by atoms with E-state index in [1.54, 1.807) is 18.2 Å². The zero-order valence-corrected chi connectivity index (χ0v) is 17.4. The lowest BCUT2D eigenvalue weighted by Crippen LogP contribution is -2.38. The smallest absolute Gasteiger partial charge is 0.145 e. The average molecular weight is 419 g/mol. The largest absolute Gasteiger partial charge is 0.391 e. The summed E-state index contributed by atoms with van der Waals surface area (Å²) >= 11 is 0. The van der Waals surface area contributed by atoms with Crippen molar-refractivity contribution in [3.8, 4) is 0 Å². The van der Waals surface area contributed by atoms with Crippen LogP contribution in [0.5, 0.6) is 0 Å². The highest BCUT2D eigenvalue weighted by Gasteiger charge is 2.27. The van der Waals surface area contributed by atoms with Crippen LogP contribution in [0.1, 0.15) is 23.1 Å². The molecule has 0 spiro atoms. The molecule has 0 saturated heterocycles. The van der Waals surface area contributed by atoms with Gasteiger partial charge in [-0.25, -0.2) is 4.39 Å². The SMILES string of the molecule is O[C@@H](Cc1ccccc1)CN(Cc1ccccc1)C[C@H]1CC(c2ccccc2F)=NO1. The molecule has 3 aromatic rings. The summed E-state index contributed by atoms with van der Waals surface area (Å²) in [5.74, 6) is -0.287. The summed E-state index contributed by atoms with van der Waals surface area (Å²) < 4.78 is 14.1. The van der Waals surface area contributed by atoms with Crippen molar-refractivity contribution in [3.63, 3.8) is 0 Å². The lowest BCUT2D eigenvalue weighted by atomic mass is 10.0. The van der Waals surface area contributed by atoms with Gasteiger partial charge in [0.25, 0.3) is 0 Å². The second-order valence-electron chi connectivity index (χ2n) is 7.97. The van der Waals surface area contributed by atoms with Crippen molar-refractivity contribution in [3.05, 3.63) is 107 Å². The maximum atomic E-state index is 14.1. The van der Waals surface area contributed by atoms with Gasteiger partial charge in [-0.1, -0.05) is 84.0 Å². The van der Waals surface area contributed by atoms with Crippen LogP contribution in [0.25, 0.3) is 0 Å². The van der Waals surface area contributed by atoms with Gasteiger partial charge in [0.1, 0.15) is 11.9 Å². The standard InChI is InChI=1S/C26H27FN2O2/c27-25-14-8-7-13-24(25)26-16-23(31-28-26)19-29(17-21-11-5-2-6-12-21)18-22(30)15-20-9-3-1-4-10-20/h1-14,22-23,30H,15-19H2/t22-,23+/m0/s1. The number of halogens is 1. The molecule has 1 N–H and O–H groups in total. The van der Waals surface area contributed by atoms with Crippen LogP contribution < -0.4 is 0 Å². The van der Waals surface area contributed by atoms with Crippen molar-refractivity contribution in [2.45, 2.75) is 31.6 Å². The number of hydrogen-bond acceptors (Lipinski definition) is 4. The summed E-state index contributed by atoms with van der Waals surface area (Å²) in [7, 11) is 0. The first kappa shape index (κ1) is 21.2. The molecule has 160 valence electrons. The van der Waals surface area contributed by atoms with Crippen LogP contribution in [0.2, 0.25) is 0 Å². The second-order valence-corrected chi connectivity index (χ2v) is 7.97. The number of rotatable bonds is 9. The molecule has 3 aromatic carbocycles. The first-order valence-corrected chi connectivity index (χ1v) is 10.6. The fourth-order valence-corrected chi connectivity index (χ4v) is 3.96. The fraction of sp³-hybridized carbons (Fsp3) is 0.269. The van der Waals surface area contributed by atoms with E-state index in [-0.39, 0.29) is 11.9 Å². The molecule has 0 saturated carbocycles. The van der Waals surface area contributed by atoms with E-state index in [1.807, 2.05) is 48.5 Å². The molecule has 1 aliphatic heterocycles. The van der Waals surface area contributed by atoms with E-state index in [0.717, 1.165) is 5.56 Å². The van der Waals surface area contributed by atoms with Crippen LogP contribution in [0.4, 0.5) is 4.39 Å². The monoisotopic (exact) mass is 418 g/mol. The van der Waals surface area contributed by atoms with Gasteiger partial charge in [-0.05, 0) is 23.6 Å². The lowest BCUT2D eigenvalue weighted by molar-refractivity contribution is 0.0322. The predicted octanol–water partition coefficient (Wildman–Crippen LogP) is 4.42. The summed E-state index contributed by atoms with van der Waals surface area (Å²) in [5, 5.41) is 14.9. The molecule has 0 bridgehead atoms. The molecule has 0 aliphatic carbocycles. The predicted molar refractivity (Wildman–Crippen MR) is 120 cm³/mol. The van der Waals surface area contributed by atoms with Gasteiger partial charge in [0.2, 0.25) is 0 Å². The topological polar surface area (TPSA) is 45.1 Å². The van der Waals surface area contributed by atoms with Crippen molar-refractivity contribution in [2.75, 3.05) is 13.1 Å². The summed E-state index contributed by atoms with van der Waals surface area (Å²) in [6.07, 6.45) is 0.456. The molecular formula is C26H27FN2O2. The summed E-state index contributed by atoms with van der Waals surface area (Å²) in [5.41, 5.74) is 3.40. The molecule has 0 amide bonds. The second kappa shape index (κ2) is 10.3.